The van der Waals surface area contributed by atoms with Crippen molar-refractivity contribution < 1.29 is 4.79 Å². The molecule has 0 unspecified atom stereocenters. The Balaban J connectivity index is 1.33. The molecule has 3 heterocycles. The van der Waals surface area contributed by atoms with Crippen LogP contribution in [0.2, 0.25) is 0 Å². The van der Waals surface area contributed by atoms with Gasteiger partial charge in [-0.2, -0.15) is 0 Å². The van der Waals surface area contributed by atoms with Gasteiger partial charge in [-0.25, -0.2) is 9.97 Å². The average Bonchev–Trinajstić information content (AvgIpc) is 3.17. The molecule has 4 aliphatic rings. The summed E-state index contributed by atoms with van der Waals surface area (Å²) in [6.07, 6.45) is 10.5. The molecule has 1 saturated heterocycles. The lowest BCUT2D eigenvalue weighted by molar-refractivity contribution is 0.0577. The van der Waals surface area contributed by atoms with E-state index < -0.39 is 0 Å². The molecule has 0 radical (unpaired) electrons. The molecule has 5 heteroatoms. The molecular weight excluding hydrogens is 312 g/mol. The number of carbonyl (C=O) groups excluding carboxylic acids is 1. The molecular formula is C20H22N4O. The topological polar surface area (TPSA) is 59.0 Å². The fraction of sp³-hybridized carbons (Fsp3) is 0.500. The van der Waals surface area contributed by atoms with Gasteiger partial charge in [-0.15, -0.1) is 0 Å². The van der Waals surface area contributed by atoms with Gasteiger partial charge in [0.05, 0.1) is 5.56 Å². The number of nitrogens with zero attached hydrogens (tertiary/aromatic N) is 4. The molecule has 3 saturated carbocycles. The maximum absolute atomic E-state index is 12.9. The Labute approximate surface area is 147 Å². The van der Waals surface area contributed by atoms with Crippen LogP contribution in [0.1, 0.15) is 36.0 Å². The van der Waals surface area contributed by atoms with Crippen molar-refractivity contribution >= 4 is 5.91 Å². The molecule has 2 bridgehead atoms. The van der Waals surface area contributed by atoms with Crippen molar-refractivity contribution in [1.82, 2.24) is 19.9 Å². The van der Waals surface area contributed by atoms with Crippen LogP contribution in [0.25, 0.3) is 11.5 Å². The van der Waals surface area contributed by atoms with E-state index in [1.807, 2.05) is 23.1 Å². The SMILES string of the molecule is O=C(c1cnc(-c2ccccn2)nc1)N1C[C@@H]2C3CCC(CC3)[C@@H]2C1. The number of likely N-dealkylation sites (tertiary alicyclic amines) is 1. The lowest BCUT2D eigenvalue weighted by atomic mass is 9.60. The van der Waals surface area contributed by atoms with Crippen LogP contribution >= 0.6 is 0 Å². The van der Waals surface area contributed by atoms with E-state index in [1.165, 1.54) is 25.7 Å². The van der Waals surface area contributed by atoms with Gasteiger partial charge in [0.2, 0.25) is 0 Å². The predicted octanol–water partition coefficient (Wildman–Crippen LogP) is 3.05. The summed E-state index contributed by atoms with van der Waals surface area (Å²) in [7, 11) is 0. The van der Waals surface area contributed by atoms with E-state index in [4.69, 9.17) is 0 Å². The molecule has 1 aliphatic heterocycles. The molecule has 0 spiro atoms. The van der Waals surface area contributed by atoms with E-state index in [1.54, 1.807) is 18.6 Å². The molecule has 2 atom stereocenters. The molecule has 2 aromatic rings. The Hall–Kier alpha value is -2.30. The number of rotatable bonds is 2. The van der Waals surface area contributed by atoms with Crippen LogP contribution in [0.4, 0.5) is 0 Å². The zero-order chi connectivity index (χ0) is 16.8. The van der Waals surface area contributed by atoms with Gasteiger partial charge in [0.25, 0.3) is 5.91 Å². The fourth-order valence-corrected chi connectivity index (χ4v) is 5.27. The minimum atomic E-state index is 0.0846. The summed E-state index contributed by atoms with van der Waals surface area (Å²) < 4.78 is 0. The van der Waals surface area contributed by atoms with Crippen LogP contribution in [-0.2, 0) is 0 Å². The summed E-state index contributed by atoms with van der Waals surface area (Å²) in [6, 6.07) is 5.64. The number of aromatic nitrogens is 3. The van der Waals surface area contributed by atoms with Gasteiger partial charge in [0, 0.05) is 31.7 Å². The smallest absolute Gasteiger partial charge is 0.257 e. The van der Waals surface area contributed by atoms with Crippen molar-refractivity contribution in [2.75, 3.05) is 13.1 Å². The Kier molecular flexibility index (Phi) is 3.54. The minimum absolute atomic E-state index is 0.0846. The molecule has 6 rings (SSSR count). The van der Waals surface area contributed by atoms with Gasteiger partial charge >= 0.3 is 0 Å². The van der Waals surface area contributed by atoms with Gasteiger partial charge in [0.1, 0.15) is 5.69 Å². The number of fused-ring (bicyclic) bond motifs is 2. The summed E-state index contributed by atoms with van der Waals surface area (Å²) in [4.78, 5) is 27.9. The fourth-order valence-electron chi connectivity index (χ4n) is 5.27. The highest BCUT2D eigenvalue weighted by molar-refractivity contribution is 5.94. The van der Waals surface area contributed by atoms with Crippen LogP contribution in [0.3, 0.4) is 0 Å². The van der Waals surface area contributed by atoms with E-state index in [2.05, 4.69) is 15.0 Å². The van der Waals surface area contributed by atoms with E-state index in [-0.39, 0.29) is 5.91 Å². The molecule has 0 N–H and O–H groups in total. The van der Waals surface area contributed by atoms with Crippen molar-refractivity contribution in [3.8, 4) is 11.5 Å². The molecule has 25 heavy (non-hydrogen) atoms. The van der Waals surface area contributed by atoms with Crippen LogP contribution in [0.15, 0.2) is 36.8 Å². The molecule has 3 aliphatic carbocycles. The van der Waals surface area contributed by atoms with Crippen molar-refractivity contribution in [2.24, 2.45) is 23.7 Å². The number of hydrogen-bond donors (Lipinski definition) is 0. The number of amides is 1. The van der Waals surface area contributed by atoms with Crippen LogP contribution in [0, 0.1) is 23.7 Å². The maximum atomic E-state index is 12.9. The first-order valence-electron chi connectivity index (χ1n) is 9.32. The first-order chi connectivity index (χ1) is 12.3. The second kappa shape index (κ2) is 5.90. The van der Waals surface area contributed by atoms with Crippen LogP contribution < -0.4 is 0 Å². The second-order valence-electron chi connectivity index (χ2n) is 7.72. The van der Waals surface area contributed by atoms with Crippen molar-refractivity contribution in [1.29, 1.82) is 0 Å². The molecule has 0 aromatic carbocycles. The highest BCUT2D eigenvalue weighted by Crippen LogP contribution is 2.51. The van der Waals surface area contributed by atoms with Gasteiger partial charge in [-0.05, 0) is 61.5 Å². The standard InChI is InChI=1S/C20H22N4O/c25-20(15-9-22-19(23-10-15)18-3-1-2-8-21-18)24-11-16-13-4-5-14(7-6-13)17(16)12-24/h1-3,8-10,13-14,16-17H,4-7,11-12H2/t13?,14?,16-,17+. The monoisotopic (exact) mass is 334 g/mol. The third-order valence-corrected chi connectivity index (χ3v) is 6.52. The van der Waals surface area contributed by atoms with E-state index in [0.29, 0.717) is 11.4 Å². The quantitative estimate of drug-likeness (QED) is 0.847. The first-order valence-corrected chi connectivity index (χ1v) is 9.32. The highest BCUT2D eigenvalue weighted by Gasteiger charge is 2.49. The maximum Gasteiger partial charge on any atom is 0.257 e. The predicted molar refractivity (Wildman–Crippen MR) is 93.6 cm³/mol. The van der Waals surface area contributed by atoms with Crippen molar-refractivity contribution in [2.45, 2.75) is 25.7 Å². The van der Waals surface area contributed by atoms with Gasteiger partial charge in [-0.3, -0.25) is 9.78 Å². The molecule has 4 fully saturated rings. The number of hydrogen-bond acceptors (Lipinski definition) is 4. The minimum Gasteiger partial charge on any atom is -0.338 e. The largest absolute Gasteiger partial charge is 0.338 e. The molecule has 128 valence electrons. The molecule has 1 amide bonds. The normalized spacial score (nSPS) is 30.3. The average molecular weight is 334 g/mol. The van der Waals surface area contributed by atoms with E-state index >= 15 is 0 Å². The number of carbonyl (C=O) groups is 1. The lowest BCUT2D eigenvalue weighted by Gasteiger charge is -2.44. The third-order valence-electron chi connectivity index (χ3n) is 6.52. The summed E-state index contributed by atoms with van der Waals surface area (Å²) >= 11 is 0. The summed E-state index contributed by atoms with van der Waals surface area (Å²) in [5, 5.41) is 0. The van der Waals surface area contributed by atoms with E-state index in [9.17, 15) is 4.79 Å². The highest BCUT2D eigenvalue weighted by atomic mass is 16.2. The van der Waals surface area contributed by atoms with Crippen molar-refractivity contribution in [3.05, 3.63) is 42.4 Å². The third kappa shape index (κ3) is 2.53. The van der Waals surface area contributed by atoms with Crippen LogP contribution in [-0.4, -0.2) is 38.8 Å². The van der Waals surface area contributed by atoms with E-state index in [0.717, 1.165) is 42.5 Å². The summed E-state index contributed by atoms with van der Waals surface area (Å²) in [5.41, 5.74) is 1.32. The van der Waals surface area contributed by atoms with Crippen LogP contribution in [0.5, 0.6) is 0 Å². The zero-order valence-corrected chi connectivity index (χ0v) is 14.2. The summed E-state index contributed by atoms with van der Waals surface area (Å²) in [5.74, 6) is 3.79. The first kappa shape index (κ1) is 15.0. The molecule has 2 aromatic heterocycles. The van der Waals surface area contributed by atoms with Gasteiger partial charge in [-0.1, -0.05) is 6.07 Å². The second-order valence-corrected chi connectivity index (χ2v) is 7.72. The Morgan fingerprint density at radius 1 is 0.920 bits per heavy atom. The Morgan fingerprint density at radius 3 is 2.12 bits per heavy atom. The van der Waals surface area contributed by atoms with Crippen molar-refractivity contribution in [3.63, 3.8) is 0 Å². The zero-order valence-electron chi connectivity index (χ0n) is 14.2. The Morgan fingerprint density at radius 2 is 1.56 bits per heavy atom. The Bertz CT molecular complexity index is 748. The van der Waals surface area contributed by atoms with Gasteiger partial charge in [0.15, 0.2) is 5.82 Å². The lowest BCUT2D eigenvalue weighted by Crippen LogP contribution is -2.38. The van der Waals surface area contributed by atoms with Gasteiger partial charge < -0.3 is 4.90 Å². The number of pyridine rings is 1. The molecule has 5 nitrogen and oxygen atoms in total. The summed E-state index contributed by atoms with van der Waals surface area (Å²) in [6.45, 7) is 1.85.